The van der Waals surface area contributed by atoms with Crippen LogP contribution in [0.1, 0.15) is 9.67 Å². The molecule has 1 aromatic heterocycles. The van der Waals surface area contributed by atoms with E-state index < -0.39 is 6.61 Å². The number of nitrogens with one attached hydrogen (secondary N) is 1. The van der Waals surface area contributed by atoms with Crippen LogP contribution < -0.4 is 10.1 Å². The molecule has 0 saturated carbocycles. The third kappa shape index (κ3) is 4.75. The summed E-state index contributed by atoms with van der Waals surface area (Å²) in [5, 5.41) is 4.46. The lowest BCUT2D eigenvalue weighted by Gasteiger charge is -2.16. The minimum absolute atomic E-state index is 0. The van der Waals surface area contributed by atoms with Gasteiger partial charge in [-0.1, -0.05) is 0 Å². The quantitative estimate of drug-likeness (QED) is 0.874. The van der Waals surface area contributed by atoms with Gasteiger partial charge < -0.3 is 15.0 Å². The summed E-state index contributed by atoms with van der Waals surface area (Å²) < 4.78 is 28.5. The molecular weight excluding hydrogens is 286 g/mol. The molecule has 1 amide bonds. The van der Waals surface area contributed by atoms with Crippen molar-refractivity contribution in [2.75, 3.05) is 27.2 Å². The molecule has 0 atom stereocenters. The van der Waals surface area contributed by atoms with Crippen LogP contribution in [0.25, 0.3) is 0 Å². The minimum Gasteiger partial charge on any atom is -0.433 e. The van der Waals surface area contributed by atoms with E-state index in [1.54, 1.807) is 19.5 Å². The number of amides is 1. The first-order valence-corrected chi connectivity index (χ1v) is 5.86. The van der Waals surface area contributed by atoms with Crippen LogP contribution in [0.3, 0.4) is 0 Å². The number of likely N-dealkylation sites (N-methyl/N-ethyl adjacent to an activating group) is 2. The molecule has 0 unspecified atom stereocenters. The maximum atomic E-state index is 12.1. The molecule has 0 bridgehead atoms. The van der Waals surface area contributed by atoms with Crippen LogP contribution in [0.2, 0.25) is 0 Å². The maximum Gasteiger partial charge on any atom is 0.387 e. The van der Waals surface area contributed by atoms with Gasteiger partial charge in [0, 0.05) is 20.1 Å². The third-order valence-electron chi connectivity index (χ3n) is 2.08. The van der Waals surface area contributed by atoms with Crippen molar-refractivity contribution in [1.82, 2.24) is 10.2 Å². The Morgan fingerprint density at radius 3 is 2.83 bits per heavy atom. The Morgan fingerprint density at radius 1 is 1.61 bits per heavy atom. The van der Waals surface area contributed by atoms with Gasteiger partial charge in [-0.3, -0.25) is 4.79 Å². The molecule has 1 heterocycles. The molecule has 0 aliphatic rings. The average Bonchev–Trinajstić information content (AvgIpc) is 2.71. The first-order valence-electron chi connectivity index (χ1n) is 4.98. The highest BCUT2D eigenvalue weighted by Crippen LogP contribution is 2.27. The molecule has 1 aromatic rings. The average molecular weight is 301 g/mol. The standard InChI is InChI=1S/C10H14F2N2O2S.ClH/c1-13-4-5-14(2)9(15)8-7(3-6-17-8)16-10(11)12;/h3,6,10,13H,4-5H2,1-2H3;1H. The van der Waals surface area contributed by atoms with E-state index in [9.17, 15) is 13.6 Å². The second-order valence-electron chi connectivity index (χ2n) is 3.32. The lowest BCUT2D eigenvalue weighted by Crippen LogP contribution is -2.32. The maximum absolute atomic E-state index is 12.1. The Kier molecular flexibility index (Phi) is 7.81. The Hall–Kier alpha value is -0.920. The Balaban J connectivity index is 0.00000289. The van der Waals surface area contributed by atoms with E-state index in [1.165, 1.54) is 11.0 Å². The zero-order valence-corrected chi connectivity index (χ0v) is 11.6. The Morgan fingerprint density at radius 2 is 2.28 bits per heavy atom. The van der Waals surface area contributed by atoms with Crippen LogP contribution in [0.15, 0.2) is 11.4 Å². The predicted molar refractivity (Wildman–Crippen MR) is 69.1 cm³/mol. The van der Waals surface area contributed by atoms with E-state index in [2.05, 4.69) is 10.1 Å². The molecule has 4 nitrogen and oxygen atoms in total. The summed E-state index contributed by atoms with van der Waals surface area (Å²) in [6.07, 6.45) is 0. The number of carbonyl (C=O) groups excluding carboxylic acids is 1. The molecule has 8 heteroatoms. The molecule has 0 radical (unpaired) electrons. The van der Waals surface area contributed by atoms with Crippen molar-refractivity contribution in [3.8, 4) is 5.75 Å². The van der Waals surface area contributed by atoms with Crippen molar-refractivity contribution in [3.63, 3.8) is 0 Å². The van der Waals surface area contributed by atoms with Crippen LogP contribution in [0, 0.1) is 0 Å². The van der Waals surface area contributed by atoms with E-state index in [0.717, 1.165) is 11.3 Å². The van der Waals surface area contributed by atoms with Gasteiger partial charge in [-0.2, -0.15) is 8.78 Å². The van der Waals surface area contributed by atoms with Crippen molar-refractivity contribution < 1.29 is 18.3 Å². The number of carbonyl (C=O) groups is 1. The Bertz CT molecular complexity index is 377. The second-order valence-corrected chi connectivity index (χ2v) is 4.24. The molecule has 0 aliphatic heterocycles. The summed E-state index contributed by atoms with van der Waals surface area (Å²) in [5.74, 6) is -0.378. The number of nitrogens with zero attached hydrogens (tertiary/aromatic N) is 1. The number of hydrogen-bond acceptors (Lipinski definition) is 4. The highest BCUT2D eigenvalue weighted by atomic mass is 35.5. The second kappa shape index (κ2) is 8.23. The van der Waals surface area contributed by atoms with Crippen molar-refractivity contribution >= 4 is 29.7 Å². The van der Waals surface area contributed by atoms with Crippen molar-refractivity contribution in [2.24, 2.45) is 0 Å². The summed E-state index contributed by atoms with van der Waals surface area (Å²) in [7, 11) is 3.39. The zero-order chi connectivity index (χ0) is 12.8. The van der Waals surface area contributed by atoms with Crippen LogP contribution in [-0.2, 0) is 0 Å². The smallest absolute Gasteiger partial charge is 0.387 e. The summed E-state index contributed by atoms with van der Waals surface area (Å²) in [6.45, 7) is -1.78. The molecule has 1 N–H and O–H groups in total. The van der Waals surface area contributed by atoms with Gasteiger partial charge >= 0.3 is 6.61 Å². The molecule has 0 aromatic carbocycles. The predicted octanol–water partition coefficient (Wildman–Crippen LogP) is 2.06. The fourth-order valence-electron chi connectivity index (χ4n) is 1.20. The number of hydrogen-bond donors (Lipinski definition) is 1. The molecule has 0 saturated heterocycles. The summed E-state index contributed by atoms with van der Waals surface area (Å²) in [6, 6.07) is 1.37. The van der Waals surface area contributed by atoms with Crippen LogP contribution in [0.4, 0.5) is 8.78 Å². The van der Waals surface area contributed by atoms with E-state index in [1.807, 2.05) is 0 Å². The van der Waals surface area contributed by atoms with E-state index in [4.69, 9.17) is 0 Å². The SMILES string of the molecule is CNCCN(C)C(=O)c1sccc1OC(F)F.Cl. The monoisotopic (exact) mass is 300 g/mol. The molecule has 18 heavy (non-hydrogen) atoms. The summed E-state index contributed by atoms with van der Waals surface area (Å²) in [5.41, 5.74) is 0. The fourth-order valence-corrected chi connectivity index (χ4v) is 2.01. The highest BCUT2D eigenvalue weighted by Gasteiger charge is 2.20. The van der Waals surface area contributed by atoms with E-state index >= 15 is 0 Å². The zero-order valence-electron chi connectivity index (χ0n) is 9.98. The number of alkyl halides is 2. The van der Waals surface area contributed by atoms with Crippen LogP contribution >= 0.6 is 23.7 Å². The number of halogens is 3. The lowest BCUT2D eigenvalue weighted by molar-refractivity contribution is -0.0499. The van der Waals surface area contributed by atoms with Gasteiger partial charge in [0.05, 0.1) is 0 Å². The lowest BCUT2D eigenvalue weighted by atomic mass is 10.3. The number of rotatable bonds is 6. The first-order chi connectivity index (χ1) is 8.06. The minimum atomic E-state index is -2.92. The van der Waals surface area contributed by atoms with Crippen molar-refractivity contribution in [1.29, 1.82) is 0 Å². The molecule has 0 aliphatic carbocycles. The van der Waals surface area contributed by atoms with Crippen LogP contribution in [0.5, 0.6) is 5.75 Å². The van der Waals surface area contributed by atoms with Gasteiger partial charge in [-0.05, 0) is 18.5 Å². The molecule has 0 spiro atoms. The van der Waals surface area contributed by atoms with E-state index in [0.29, 0.717) is 13.1 Å². The largest absolute Gasteiger partial charge is 0.433 e. The van der Waals surface area contributed by atoms with Crippen molar-refractivity contribution in [2.45, 2.75) is 6.61 Å². The van der Waals surface area contributed by atoms with Gasteiger partial charge in [0.1, 0.15) is 10.6 Å². The fraction of sp³-hybridized carbons (Fsp3) is 0.500. The van der Waals surface area contributed by atoms with Gasteiger partial charge in [0.15, 0.2) is 0 Å². The summed E-state index contributed by atoms with van der Waals surface area (Å²) >= 11 is 1.09. The molecule has 0 fully saturated rings. The van der Waals surface area contributed by atoms with Gasteiger partial charge in [-0.15, -0.1) is 23.7 Å². The van der Waals surface area contributed by atoms with Gasteiger partial charge in [0.25, 0.3) is 5.91 Å². The molecular formula is C10H15ClF2N2O2S. The molecule has 1 rings (SSSR count). The van der Waals surface area contributed by atoms with Crippen molar-refractivity contribution in [3.05, 3.63) is 16.3 Å². The first kappa shape index (κ1) is 17.1. The number of ether oxygens (including phenoxy) is 1. The normalized spacial score (nSPS) is 10.1. The number of thiophene rings is 1. The third-order valence-corrected chi connectivity index (χ3v) is 2.97. The highest BCUT2D eigenvalue weighted by molar-refractivity contribution is 7.12. The van der Waals surface area contributed by atoms with Gasteiger partial charge in [0.2, 0.25) is 0 Å². The Labute approximate surface area is 114 Å². The van der Waals surface area contributed by atoms with E-state index in [-0.39, 0.29) is 28.9 Å². The van der Waals surface area contributed by atoms with Gasteiger partial charge in [-0.25, -0.2) is 0 Å². The van der Waals surface area contributed by atoms with Crippen LogP contribution in [-0.4, -0.2) is 44.6 Å². The molecule has 104 valence electrons. The summed E-state index contributed by atoms with van der Waals surface area (Å²) in [4.78, 5) is 13.6. The topological polar surface area (TPSA) is 41.6 Å².